The predicted octanol–water partition coefficient (Wildman–Crippen LogP) is 0.977. The van der Waals surface area contributed by atoms with Crippen molar-refractivity contribution in [1.82, 2.24) is 10.2 Å². The lowest BCUT2D eigenvalue weighted by Crippen LogP contribution is -2.37. The van der Waals surface area contributed by atoms with Gasteiger partial charge < -0.3 is 10.2 Å². The summed E-state index contributed by atoms with van der Waals surface area (Å²) in [4.78, 5) is 2.21. The molecule has 0 amide bonds. The summed E-state index contributed by atoms with van der Waals surface area (Å²) < 4.78 is 0. The van der Waals surface area contributed by atoms with E-state index in [2.05, 4.69) is 17.1 Å². The van der Waals surface area contributed by atoms with E-state index in [4.69, 9.17) is 12.2 Å². The predicted molar refractivity (Wildman–Crippen MR) is 47.1 cm³/mol. The van der Waals surface area contributed by atoms with Crippen molar-refractivity contribution in [3.8, 4) is 0 Å². The summed E-state index contributed by atoms with van der Waals surface area (Å²) in [5, 5.41) is 4.13. The highest BCUT2D eigenvalue weighted by Crippen LogP contribution is 1.99. The number of hydrogen-bond acceptors (Lipinski definition) is 1. The molecule has 0 aromatic rings. The zero-order chi connectivity index (χ0) is 7.40. The Balaban J connectivity index is 2.43. The van der Waals surface area contributed by atoms with Gasteiger partial charge in [-0.1, -0.05) is 0 Å². The van der Waals surface area contributed by atoms with Crippen LogP contribution in [0.5, 0.6) is 0 Å². The summed E-state index contributed by atoms with van der Waals surface area (Å²) in [6.07, 6.45) is 2.51. The second-order valence-corrected chi connectivity index (χ2v) is 2.91. The summed E-state index contributed by atoms with van der Waals surface area (Å²) >= 11 is 5.13. The molecule has 1 aliphatic heterocycles. The second-order valence-electron chi connectivity index (χ2n) is 2.52. The van der Waals surface area contributed by atoms with Gasteiger partial charge in [-0.15, -0.1) is 0 Å². The van der Waals surface area contributed by atoms with Crippen molar-refractivity contribution < 1.29 is 0 Å². The normalized spacial score (nSPS) is 20.1. The van der Waals surface area contributed by atoms with Crippen molar-refractivity contribution in [3.05, 3.63) is 0 Å². The number of rotatable bonds is 1. The van der Waals surface area contributed by atoms with E-state index < -0.39 is 0 Å². The first-order valence-electron chi connectivity index (χ1n) is 3.87. The Morgan fingerprint density at radius 3 is 3.10 bits per heavy atom. The molecular formula is C7H14N2S. The van der Waals surface area contributed by atoms with Gasteiger partial charge >= 0.3 is 0 Å². The largest absolute Gasteiger partial charge is 0.363 e. The lowest BCUT2D eigenvalue weighted by Gasteiger charge is -2.20. The SMILES string of the molecule is CCN1CCCCNC1=S. The summed E-state index contributed by atoms with van der Waals surface area (Å²) in [5.74, 6) is 0. The van der Waals surface area contributed by atoms with Crippen LogP contribution in [0, 0.1) is 0 Å². The van der Waals surface area contributed by atoms with Crippen LogP contribution in [0.15, 0.2) is 0 Å². The van der Waals surface area contributed by atoms with Crippen LogP contribution in [0.3, 0.4) is 0 Å². The Bertz CT molecular complexity index is 125. The van der Waals surface area contributed by atoms with Crippen molar-refractivity contribution in [2.75, 3.05) is 19.6 Å². The molecule has 0 aromatic heterocycles. The van der Waals surface area contributed by atoms with Crippen molar-refractivity contribution >= 4 is 17.3 Å². The smallest absolute Gasteiger partial charge is 0.168 e. The van der Waals surface area contributed by atoms with Crippen molar-refractivity contribution in [2.24, 2.45) is 0 Å². The molecule has 1 N–H and O–H groups in total. The lowest BCUT2D eigenvalue weighted by atomic mass is 10.3. The van der Waals surface area contributed by atoms with Gasteiger partial charge in [0.05, 0.1) is 0 Å². The van der Waals surface area contributed by atoms with Crippen LogP contribution in [0.1, 0.15) is 19.8 Å². The van der Waals surface area contributed by atoms with Gasteiger partial charge in [0.1, 0.15) is 0 Å². The Morgan fingerprint density at radius 2 is 2.40 bits per heavy atom. The van der Waals surface area contributed by atoms with Crippen molar-refractivity contribution in [1.29, 1.82) is 0 Å². The van der Waals surface area contributed by atoms with Crippen LogP contribution < -0.4 is 5.32 Å². The molecule has 1 heterocycles. The minimum absolute atomic E-state index is 0.931. The Kier molecular flexibility index (Phi) is 2.93. The minimum Gasteiger partial charge on any atom is -0.363 e. The highest BCUT2D eigenvalue weighted by Gasteiger charge is 2.08. The molecule has 0 saturated carbocycles. The number of nitrogens with one attached hydrogen (secondary N) is 1. The third-order valence-electron chi connectivity index (χ3n) is 1.80. The molecule has 1 rings (SSSR count). The van der Waals surface area contributed by atoms with Crippen LogP contribution in [0.2, 0.25) is 0 Å². The van der Waals surface area contributed by atoms with Gasteiger partial charge in [0, 0.05) is 19.6 Å². The highest BCUT2D eigenvalue weighted by atomic mass is 32.1. The first kappa shape index (κ1) is 7.79. The van der Waals surface area contributed by atoms with Crippen molar-refractivity contribution in [3.63, 3.8) is 0 Å². The Hall–Kier alpha value is -0.310. The molecule has 0 atom stereocenters. The van der Waals surface area contributed by atoms with E-state index >= 15 is 0 Å². The molecule has 58 valence electrons. The number of nitrogens with zero attached hydrogens (tertiary/aromatic N) is 1. The number of hydrogen-bond donors (Lipinski definition) is 1. The summed E-state index contributed by atoms with van der Waals surface area (Å²) in [7, 11) is 0. The summed E-state index contributed by atoms with van der Waals surface area (Å²) in [6.45, 7) is 5.35. The molecule has 1 aliphatic rings. The zero-order valence-corrected chi connectivity index (χ0v) is 7.21. The first-order valence-corrected chi connectivity index (χ1v) is 4.28. The van der Waals surface area contributed by atoms with Crippen LogP contribution in [-0.2, 0) is 0 Å². The van der Waals surface area contributed by atoms with Gasteiger partial charge in [0.15, 0.2) is 5.11 Å². The molecule has 1 fully saturated rings. The van der Waals surface area contributed by atoms with E-state index in [9.17, 15) is 0 Å². The molecule has 0 bridgehead atoms. The molecule has 0 aliphatic carbocycles. The molecule has 0 radical (unpaired) electrons. The zero-order valence-electron chi connectivity index (χ0n) is 6.39. The van der Waals surface area contributed by atoms with Gasteiger partial charge in [-0.05, 0) is 32.0 Å². The minimum atomic E-state index is 0.931. The van der Waals surface area contributed by atoms with E-state index in [-0.39, 0.29) is 0 Å². The van der Waals surface area contributed by atoms with Crippen LogP contribution in [0.25, 0.3) is 0 Å². The Labute approximate surface area is 67.6 Å². The van der Waals surface area contributed by atoms with E-state index in [1.54, 1.807) is 0 Å². The maximum absolute atomic E-state index is 5.13. The fraction of sp³-hybridized carbons (Fsp3) is 0.857. The van der Waals surface area contributed by atoms with Crippen LogP contribution in [0.4, 0.5) is 0 Å². The summed E-state index contributed by atoms with van der Waals surface area (Å²) in [5.41, 5.74) is 0. The molecular weight excluding hydrogens is 144 g/mol. The first-order chi connectivity index (χ1) is 4.84. The summed E-state index contributed by atoms with van der Waals surface area (Å²) in [6, 6.07) is 0. The fourth-order valence-electron chi connectivity index (χ4n) is 1.14. The maximum Gasteiger partial charge on any atom is 0.168 e. The standard InChI is InChI=1S/C7H14N2S/c1-2-9-6-4-3-5-8-7(9)10/h2-6H2,1H3,(H,8,10). The fourth-order valence-corrected chi connectivity index (χ4v) is 1.46. The van der Waals surface area contributed by atoms with E-state index in [0.29, 0.717) is 0 Å². The van der Waals surface area contributed by atoms with Crippen LogP contribution >= 0.6 is 12.2 Å². The van der Waals surface area contributed by atoms with Gasteiger partial charge in [-0.25, -0.2) is 0 Å². The monoisotopic (exact) mass is 158 g/mol. The van der Waals surface area contributed by atoms with Gasteiger partial charge in [-0.2, -0.15) is 0 Å². The van der Waals surface area contributed by atoms with Crippen molar-refractivity contribution in [2.45, 2.75) is 19.8 Å². The third kappa shape index (κ3) is 1.84. The number of thiocarbonyl (C=S) groups is 1. The maximum atomic E-state index is 5.13. The molecule has 10 heavy (non-hydrogen) atoms. The van der Waals surface area contributed by atoms with Gasteiger partial charge in [-0.3, -0.25) is 0 Å². The lowest BCUT2D eigenvalue weighted by molar-refractivity contribution is 0.441. The highest BCUT2D eigenvalue weighted by molar-refractivity contribution is 7.80. The molecule has 3 heteroatoms. The molecule has 1 saturated heterocycles. The average molecular weight is 158 g/mol. The van der Waals surface area contributed by atoms with Crippen LogP contribution in [-0.4, -0.2) is 29.6 Å². The third-order valence-corrected chi connectivity index (χ3v) is 2.20. The molecule has 0 unspecified atom stereocenters. The Morgan fingerprint density at radius 1 is 1.60 bits per heavy atom. The topological polar surface area (TPSA) is 15.3 Å². The average Bonchev–Trinajstić information content (AvgIpc) is 2.13. The second kappa shape index (κ2) is 3.76. The molecule has 0 aromatic carbocycles. The van der Waals surface area contributed by atoms with E-state index in [0.717, 1.165) is 24.7 Å². The van der Waals surface area contributed by atoms with E-state index in [1.807, 2.05) is 0 Å². The quantitative estimate of drug-likeness (QED) is 0.573. The van der Waals surface area contributed by atoms with Gasteiger partial charge in [0.25, 0.3) is 0 Å². The molecule has 2 nitrogen and oxygen atoms in total. The van der Waals surface area contributed by atoms with Gasteiger partial charge in [0.2, 0.25) is 0 Å². The molecule has 0 spiro atoms. The van der Waals surface area contributed by atoms with E-state index in [1.165, 1.54) is 12.8 Å².